The number of rotatable bonds is 1. The first-order valence-electron chi connectivity index (χ1n) is 7.37. The lowest BCUT2D eigenvalue weighted by Gasteiger charge is -2.04. The number of aromatic nitrogens is 3. The van der Waals surface area contributed by atoms with E-state index in [0.29, 0.717) is 5.71 Å². The van der Waals surface area contributed by atoms with E-state index in [1.807, 2.05) is 54.7 Å². The first kappa shape index (κ1) is 12.3. The van der Waals surface area contributed by atoms with Gasteiger partial charge in [-0.25, -0.2) is 15.0 Å². The van der Waals surface area contributed by atoms with Gasteiger partial charge in [-0.15, -0.1) is 0 Å². The second kappa shape index (κ2) is 4.61. The molecule has 0 fully saturated rings. The summed E-state index contributed by atoms with van der Waals surface area (Å²) in [5.74, 6) is 0. The van der Waals surface area contributed by atoms with Crippen molar-refractivity contribution in [2.75, 3.05) is 0 Å². The molecule has 2 aromatic carbocycles. The van der Waals surface area contributed by atoms with E-state index < -0.39 is 0 Å². The van der Waals surface area contributed by atoms with E-state index in [4.69, 9.17) is 9.40 Å². The largest absolute Gasteiger partial charge is 0.438 e. The van der Waals surface area contributed by atoms with Crippen molar-refractivity contribution in [3.63, 3.8) is 0 Å². The molecule has 0 unspecified atom stereocenters. The molecule has 0 aliphatic carbocycles. The standard InChI is InChI=1S/C19H11N3O/c1-2-7-17-13(5-1)14-8-9-16(22-19(14)23-17)15-6-3-4-12-10-20-11-21-18(12)15/h1-11H. The summed E-state index contributed by atoms with van der Waals surface area (Å²) >= 11 is 0. The van der Waals surface area contributed by atoms with Crippen molar-refractivity contribution in [1.82, 2.24) is 15.0 Å². The predicted octanol–water partition coefficient (Wildman–Crippen LogP) is 4.59. The van der Waals surface area contributed by atoms with E-state index in [2.05, 4.69) is 16.0 Å². The molecule has 4 heteroatoms. The van der Waals surface area contributed by atoms with E-state index in [1.165, 1.54) is 0 Å². The molecule has 0 atom stereocenters. The van der Waals surface area contributed by atoms with Crippen LogP contribution in [0.5, 0.6) is 0 Å². The number of hydrogen-bond donors (Lipinski definition) is 0. The molecule has 3 aromatic heterocycles. The molecule has 0 spiro atoms. The zero-order valence-electron chi connectivity index (χ0n) is 12.1. The summed E-state index contributed by atoms with van der Waals surface area (Å²) in [5, 5.41) is 3.11. The smallest absolute Gasteiger partial charge is 0.227 e. The van der Waals surface area contributed by atoms with Crippen LogP contribution >= 0.6 is 0 Å². The molecule has 0 amide bonds. The summed E-state index contributed by atoms with van der Waals surface area (Å²) < 4.78 is 5.88. The van der Waals surface area contributed by atoms with Crippen molar-refractivity contribution < 1.29 is 4.42 Å². The zero-order chi connectivity index (χ0) is 15.2. The van der Waals surface area contributed by atoms with Crippen LogP contribution in [0.25, 0.3) is 44.2 Å². The van der Waals surface area contributed by atoms with Gasteiger partial charge in [0.1, 0.15) is 11.9 Å². The van der Waals surface area contributed by atoms with Crippen molar-refractivity contribution in [1.29, 1.82) is 0 Å². The number of furan rings is 1. The number of hydrogen-bond acceptors (Lipinski definition) is 4. The molecule has 0 radical (unpaired) electrons. The van der Waals surface area contributed by atoms with Gasteiger partial charge >= 0.3 is 0 Å². The molecule has 0 saturated carbocycles. The molecule has 0 aliphatic rings. The van der Waals surface area contributed by atoms with Gasteiger partial charge in [-0.1, -0.05) is 36.4 Å². The molecular formula is C19H11N3O. The monoisotopic (exact) mass is 297 g/mol. The number of para-hydroxylation sites is 2. The third kappa shape index (κ3) is 1.82. The van der Waals surface area contributed by atoms with Gasteiger partial charge in [-0.3, -0.25) is 0 Å². The van der Waals surface area contributed by atoms with Crippen LogP contribution in [0.2, 0.25) is 0 Å². The molecule has 108 valence electrons. The summed E-state index contributed by atoms with van der Waals surface area (Å²) in [6, 6.07) is 18.1. The van der Waals surface area contributed by atoms with E-state index in [1.54, 1.807) is 6.33 Å². The normalized spacial score (nSPS) is 11.5. The second-order valence-corrected chi connectivity index (χ2v) is 5.41. The van der Waals surface area contributed by atoms with E-state index in [-0.39, 0.29) is 0 Å². The van der Waals surface area contributed by atoms with Crippen molar-refractivity contribution in [2.24, 2.45) is 0 Å². The van der Waals surface area contributed by atoms with Crippen LogP contribution in [0, 0.1) is 0 Å². The summed E-state index contributed by atoms with van der Waals surface area (Å²) in [6.45, 7) is 0. The average molecular weight is 297 g/mol. The molecule has 0 N–H and O–H groups in total. The Bertz CT molecular complexity index is 1170. The number of fused-ring (bicyclic) bond motifs is 4. The molecule has 5 aromatic rings. The first-order chi connectivity index (χ1) is 11.4. The Morgan fingerprint density at radius 3 is 2.78 bits per heavy atom. The maximum Gasteiger partial charge on any atom is 0.227 e. The summed E-state index contributed by atoms with van der Waals surface area (Å²) in [6.07, 6.45) is 3.37. The number of nitrogens with zero attached hydrogens (tertiary/aromatic N) is 3. The Balaban J connectivity index is 1.81. The Morgan fingerprint density at radius 1 is 0.826 bits per heavy atom. The fourth-order valence-corrected chi connectivity index (χ4v) is 2.98. The van der Waals surface area contributed by atoms with Crippen molar-refractivity contribution in [2.45, 2.75) is 0 Å². The molecule has 5 rings (SSSR count). The van der Waals surface area contributed by atoms with Gasteiger partial charge < -0.3 is 4.42 Å². The fraction of sp³-hybridized carbons (Fsp3) is 0. The second-order valence-electron chi connectivity index (χ2n) is 5.41. The number of benzene rings is 2. The van der Waals surface area contributed by atoms with Crippen molar-refractivity contribution in [3.05, 3.63) is 67.1 Å². The molecule has 0 bridgehead atoms. The minimum atomic E-state index is 0.648. The lowest BCUT2D eigenvalue weighted by Crippen LogP contribution is -1.88. The maximum absolute atomic E-state index is 5.88. The first-order valence-corrected chi connectivity index (χ1v) is 7.37. The van der Waals surface area contributed by atoms with E-state index >= 15 is 0 Å². The minimum Gasteiger partial charge on any atom is -0.438 e. The van der Waals surface area contributed by atoms with Crippen LogP contribution in [0.4, 0.5) is 0 Å². The van der Waals surface area contributed by atoms with Crippen LogP contribution in [0.15, 0.2) is 71.5 Å². The Morgan fingerprint density at radius 2 is 1.78 bits per heavy atom. The zero-order valence-corrected chi connectivity index (χ0v) is 12.1. The van der Waals surface area contributed by atoms with Gasteiger partial charge in [0.15, 0.2) is 0 Å². The summed E-state index contributed by atoms with van der Waals surface area (Å²) in [4.78, 5) is 13.2. The van der Waals surface area contributed by atoms with Gasteiger partial charge in [0.25, 0.3) is 0 Å². The highest BCUT2D eigenvalue weighted by Crippen LogP contribution is 2.31. The molecule has 0 saturated heterocycles. The maximum atomic E-state index is 5.88. The Kier molecular flexibility index (Phi) is 2.46. The van der Waals surface area contributed by atoms with Gasteiger partial charge in [-0.05, 0) is 18.2 Å². The van der Waals surface area contributed by atoms with Crippen LogP contribution in [0.1, 0.15) is 0 Å². The van der Waals surface area contributed by atoms with Crippen LogP contribution in [0.3, 0.4) is 0 Å². The summed E-state index contributed by atoms with van der Waals surface area (Å²) in [5.41, 5.74) is 4.22. The topological polar surface area (TPSA) is 51.8 Å². The van der Waals surface area contributed by atoms with Crippen molar-refractivity contribution in [3.8, 4) is 11.3 Å². The van der Waals surface area contributed by atoms with Gasteiger partial charge in [0.2, 0.25) is 5.71 Å². The SMILES string of the molecule is c1cc(-c2ccc3c(n2)oc2ccccc23)c2ncncc2c1. The highest BCUT2D eigenvalue weighted by molar-refractivity contribution is 6.04. The molecular weight excluding hydrogens is 286 g/mol. The molecule has 0 aliphatic heterocycles. The highest BCUT2D eigenvalue weighted by atomic mass is 16.3. The van der Waals surface area contributed by atoms with E-state index in [9.17, 15) is 0 Å². The Hall–Kier alpha value is -3.27. The predicted molar refractivity (Wildman–Crippen MR) is 90.0 cm³/mol. The lowest BCUT2D eigenvalue weighted by molar-refractivity contribution is 0.654. The molecule has 3 heterocycles. The minimum absolute atomic E-state index is 0.648. The fourth-order valence-electron chi connectivity index (χ4n) is 2.98. The third-order valence-electron chi connectivity index (χ3n) is 4.05. The molecule has 4 nitrogen and oxygen atoms in total. The van der Waals surface area contributed by atoms with Crippen molar-refractivity contribution >= 4 is 33.0 Å². The molecule has 23 heavy (non-hydrogen) atoms. The lowest BCUT2D eigenvalue weighted by atomic mass is 10.1. The highest BCUT2D eigenvalue weighted by Gasteiger charge is 2.11. The van der Waals surface area contributed by atoms with E-state index in [0.717, 1.165) is 38.5 Å². The third-order valence-corrected chi connectivity index (χ3v) is 4.05. The van der Waals surface area contributed by atoms with Gasteiger partial charge in [0.05, 0.1) is 11.2 Å². The van der Waals surface area contributed by atoms with Crippen LogP contribution in [-0.2, 0) is 0 Å². The van der Waals surface area contributed by atoms with Gasteiger partial charge in [0, 0.05) is 27.9 Å². The summed E-state index contributed by atoms with van der Waals surface area (Å²) in [7, 11) is 0. The quantitative estimate of drug-likeness (QED) is 0.454. The van der Waals surface area contributed by atoms with Gasteiger partial charge in [-0.2, -0.15) is 0 Å². The number of pyridine rings is 1. The van der Waals surface area contributed by atoms with Crippen LogP contribution < -0.4 is 0 Å². The average Bonchev–Trinajstić information content (AvgIpc) is 2.99. The van der Waals surface area contributed by atoms with Crippen LogP contribution in [-0.4, -0.2) is 15.0 Å². The Labute approximate surface area is 131 Å².